The topological polar surface area (TPSA) is 3.24 Å². The smallest absolute Gasteiger partial charge is 0.0468 e. The fourth-order valence-corrected chi connectivity index (χ4v) is 10.0. The van der Waals surface area contributed by atoms with E-state index in [0.29, 0.717) is 0 Å². The number of benzene rings is 9. The monoisotopic (exact) mass is 703 g/mol. The van der Waals surface area contributed by atoms with Gasteiger partial charge in [0, 0.05) is 27.9 Å². The van der Waals surface area contributed by atoms with Crippen LogP contribution in [0.2, 0.25) is 0 Å². The zero-order chi connectivity index (χ0) is 37.1. The van der Waals surface area contributed by atoms with Crippen LogP contribution in [-0.4, -0.2) is 0 Å². The zero-order valence-corrected chi connectivity index (χ0v) is 31.7. The van der Waals surface area contributed by atoms with Crippen molar-refractivity contribution in [2.24, 2.45) is 0 Å². The van der Waals surface area contributed by atoms with E-state index >= 15 is 0 Å². The summed E-state index contributed by atoms with van der Waals surface area (Å²) < 4.78 is 0. The summed E-state index contributed by atoms with van der Waals surface area (Å²) in [7, 11) is 0. The summed E-state index contributed by atoms with van der Waals surface area (Å²) in [5.74, 6) is 0. The van der Waals surface area contributed by atoms with Crippen molar-refractivity contribution in [3.63, 3.8) is 0 Å². The van der Waals surface area contributed by atoms with Gasteiger partial charge in [-0.1, -0.05) is 161 Å². The molecular formula is C54H41N. The fourth-order valence-electron chi connectivity index (χ4n) is 10.0. The van der Waals surface area contributed by atoms with Gasteiger partial charge in [0.15, 0.2) is 0 Å². The summed E-state index contributed by atoms with van der Waals surface area (Å²) in [5.41, 5.74) is 16.7. The van der Waals surface area contributed by atoms with Gasteiger partial charge in [-0.3, -0.25) is 0 Å². The molecule has 1 nitrogen and oxygen atoms in total. The van der Waals surface area contributed by atoms with Crippen molar-refractivity contribution in [3.8, 4) is 33.4 Å². The molecule has 55 heavy (non-hydrogen) atoms. The molecule has 0 fully saturated rings. The van der Waals surface area contributed by atoms with Crippen molar-refractivity contribution in [3.05, 3.63) is 198 Å². The van der Waals surface area contributed by atoms with E-state index in [-0.39, 0.29) is 10.8 Å². The Balaban J connectivity index is 1.09. The molecule has 0 aliphatic heterocycles. The summed E-state index contributed by atoms with van der Waals surface area (Å²) in [6, 6.07) is 65.9. The molecule has 0 spiro atoms. The standard InChI is InChI=1S/C54H41N/c1-53(2)49-20-12-10-17-43(49)47-32-38(28-30-50(47)53)55(39-27-29-44-42-16-9-11-19-48(42)54(3,4)51(44)33-39)37-25-23-35(24-26-37)46-31-36-22-21-34-13-5-6-14-40(34)52(36)45-18-8-7-15-41(45)46/h5-33H,1-4H3. The van der Waals surface area contributed by atoms with Crippen molar-refractivity contribution < 1.29 is 0 Å². The van der Waals surface area contributed by atoms with E-state index in [9.17, 15) is 0 Å². The van der Waals surface area contributed by atoms with Gasteiger partial charge in [-0.05, 0) is 130 Å². The van der Waals surface area contributed by atoms with Gasteiger partial charge < -0.3 is 4.90 Å². The van der Waals surface area contributed by atoms with Crippen LogP contribution in [-0.2, 0) is 10.8 Å². The van der Waals surface area contributed by atoms with E-state index in [0.717, 1.165) is 11.4 Å². The van der Waals surface area contributed by atoms with Crippen LogP contribution in [0.25, 0.3) is 65.7 Å². The van der Waals surface area contributed by atoms with E-state index in [1.54, 1.807) is 0 Å². The van der Waals surface area contributed by atoms with Crippen LogP contribution in [0.15, 0.2) is 176 Å². The van der Waals surface area contributed by atoms with E-state index in [1.165, 1.54) is 93.6 Å². The van der Waals surface area contributed by atoms with Crippen molar-refractivity contribution in [1.82, 2.24) is 0 Å². The minimum atomic E-state index is -0.0964. The molecule has 0 bridgehead atoms. The quantitative estimate of drug-likeness (QED) is 0.165. The number of rotatable bonds is 4. The maximum absolute atomic E-state index is 2.46. The van der Waals surface area contributed by atoms with E-state index in [2.05, 4.69) is 209 Å². The molecule has 9 aromatic rings. The van der Waals surface area contributed by atoms with Crippen molar-refractivity contribution in [2.45, 2.75) is 38.5 Å². The van der Waals surface area contributed by atoms with Crippen molar-refractivity contribution in [1.29, 1.82) is 0 Å². The molecule has 0 saturated heterocycles. The Hall–Kier alpha value is -6.44. The van der Waals surface area contributed by atoms with Gasteiger partial charge in [-0.15, -0.1) is 0 Å². The molecule has 0 heterocycles. The first-order chi connectivity index (χ1) is 26.8. The number of nitrogens with zero attached hydrogens (tertiary/aromatic N) is 1. The predicted octanol–water partition coefficient (Wildman–Crippen LogP) is 14.9. The Morgan fingerprint density at radius 1 is 0.327 bits per heavy atom. The molecule has 0 amide bonds. The van der Waals surface area contributed by atoms with E-state index in [4.69, 9.17) is 0 Å². The lowest BCUT2D eigenvalue weighted by atomic mass is 9.82. The summed E-state index contributed by atoms with van der Waals surface area (Å²) in [6.07, 6.45) is 0. The normalized spacial score (nSPS) is 14.5. The maximum Gasteiger partial charge on any atom is 0.0468 e. The van der Waals surface area contributed by atoms with Crippen LogP contribution in [0.5, 0.6) is 0 Å². The van der Waals surface area contributed by atoms with Crippen LogP contribution in [0, 0.1) is 0 Å². The molecule has 1 heteroatoms. The van der Waals surface area contributed by atoms with Gasteiger partial charge in [0.05, 0.1) is 0 Å². The number of fused-ring (bicyclic) bond motifs is 11. The molecule has 0 unspecified atom stereocenters. The first-order valence-electron chi connectivity index (χ1n) is 19.5. The molecular weight excluding hydrogens is 663 g/mol. The van der Waals surface area contributed by atoms with Gasteiger partial charge in [-0.2, -0.15) is 0 Å². The highest BCUT2D eigenvalue weighted by atomic mass is 15.1. The fraction of sp³-hybridized carbons (Fsp3) is 0.111. The lowest BCUT2D eigenvalue weighted by molar-refractivity contribution is 0.660. The third-order valence-electron chi connectivity index (χ3n) is 12.8. The third-order valence-corrected chi connectivity index (χ3v) is 12.8. The first kappa shape index (κ1) is 32.0. The Bertz CT molecular complexity index is 3030. The maximum atomic E-state index is 2.46. The minimum absolute atomic E-state index is 0.0464. The van der Waals surface area contributed by atoms with E-state index in [1.807, 2.05) is 0 Å². The summed E-state index contributed by atoms with van der Waals surface area (Å²) >= 11 is 0. The largest absolute Gasteiger partial charge is 0.310 e. The van der Waals surface area contributed by atoms with Crippen molar-refractivity contribution in [2.75, 3.05) is 4.90 Å². The second kappa shape index (κ2) is 11.5. The molecule has 0 atom stereocenters. The minimum Gasteiger partial charge on any atom is -0.310 e. The number of anilines is 3. The van der Waals surface area contributed by atoms with Gasteiger partial charge in [0.25, 0.3) is 0 Å². The highest BCUT2D eigenvalue weighted by Crippen LogP contribution is 2.53. The number of hydrogen-bond acceptors (Lipinski definition) is 1. The van der Waals surface area contributed by atoms with Gasteiger partial charge in [0.2, 0.25) is 0 Å². The van der Waals surface area contributed by atoms with Crippen LogP contribution in [0.4, 0.5) is 17.1 Å². The van der Waals surface area contributed by atoms with E-state index < -0.39 is 0 Å². The average Bonchev–Trinajstić information content (AvgIpc) is 3.60. The second-order valence-electron chi connectivity index (χ2n) is 16.5. The average molecular weight is 704 g/mol. The van der Waals surface area contributed by atoms with Crippen LogP contribution in [0.1, 0.15) is 49.9 Å². The zero-order valence-electron chi connectivity index (χ0n) is 31.7. The molecule has 2 aliphatic rings. The summed E-state index contributed by atoms with van der Waals surface area (Å²) in [4.78, 5) is 2.46. The molecule has 9 aromatic carbocycles. The summed E-state index contributed by atoms with van der Waals surface area (Å²) in [5, 5.41) is 7.73. The highest BCUT2D eigenvalue weighted by Gasteiger charge is 2.37. The second-order valence-corrected chi connectivity index (χ2v) is 16.5. The summed E-state index contributed by atoms with van der Waals surface area (Å²) in [6.45, 7) is 9.44. The lowest BCUT2D eigenvalue weighted by Gasteiger charge is -2.29. The van der Waals surface area contributed by atoms with Gasteiger partial charge in [-0.25, -0.2) is 0 Å². The molecule has 0 saturated carbocycles. The Morgan fingerprint density at radius 3 is 1.62 bits per heavy atom. The Morgan fingerprint density at radius 2 is 0.855 bits per heavy atom. The number of hydrogen-bond donors (Lipinski definition) is 0. The molecule has 262 valence electrons. The molecule has 0 radical (unpaired) electrons. The molecule has 11 rings (SSSR count). The van der Waals surface area contributed by atoms with Crippen molar-refractivity contribution >= 4 is 49.4 Å². The molecule has 0 N–H and O–H groups in total. The predicted molar refractivity (Wildman–Crippen MR) is 234 cm³/mol. The molecule has 2 aliphatic carbocycles. The van der Waals surface area contributed by atoms with Gasteiger partial charge in [0.1, 0.15) is 0 Å². The SMILES string of the molecule is CC1(C)c2ccccc2-c2cc(N(c3ccc(-c4cc5ccc6ccccc6c5c5ccccc45)cc3)c3ccc4c(c3)C(C)(C)c3ccccc3-4)ccc21. The van der Waals surface area contributed by atoms with Crippen LogP contribution < -0.4 is 4.90 Å². The third kappa shape index (κ3) is 4.60. The highest BCUT2D eigenvalue weighted by molar-refractivity contribution is 6.23. The Labute approximate surface area is 323 Å². The van der Waals surface area contributed by atoms with Gasteiger partial charge >= 0.3 is 0 Å². The lowest BCUT2D eigenvalue weighted by Crippen LogP contribution is -2.17. The molecule has 0 aromatic heterocycles. The van der Waals surface area contributed by atoms with Crippen LogP contribution >= 0.6 is 0 Å². The Kier molecular flexibility index (Phi) is 6.72. The first-order valence-corrected chi connectivity index (χ1v) is 19.5. The van der Waals surface area contributed by atoms with Crippen LogP contribution in [0.3, 0.4) is 0 Å².